The van der Waals surface area contributed by atoms with Crippen LogP contribution in [0.1, 0.15) is 22.8 Å². The zero-order chi connectivity index (χ0) is 21.3. The monoisotopic (exact) mass is 436 g/mol. The molecule has 0 unspecified atom stereocenters. The van der Waals surface area contributed by atoms with E-state index >= 15 is 0 Å². The fourth-order valence-corrected chi connectivity index (χ4v) is 3.77. The molecule has 1 aliphatic rings. The number of rotatable bonds is 6. The van der Waals surface area contributed by atoms with Gasteiger partial charge in [-0.15, -0.1) is 0 Å². The molecule has 3 amide bonds. The Balaban J connectivity index is 1.88. The molecule has 152 valence electrons. The number of hydrogen-bond donors (Lipinski definition) is 1. The topological polar surface area (TPSA) is 84.9 Å². The van der Waals surface area contributed by atoms with Gasteiger partial charge in [0.2, 0.25) is 0 Å². The molecule has 1 heterocycles. The molecule has 0 saturated carbocycles. The van der Waals surface area contributed by atoms with Gasteiger partial charge in [0.15, 0.2) is 5.78 Å². The molecule has 1 atom stereocenters. The average Bonchev–Trinajstić information content (AvgIpc) is 2.90. The molecule has 7 nitrogen and oxygen atoms in total. The van der Waals surface area contributed by atoms with Gasteiger partial charge in [-0.2, -0.15) is 0 Å². The molecule has 0 aliphatic carbocycles. The Morgan fingerprint density at radius 3 is 2.45 bits per heavy atom. The van der Waals surface area contributed by atoms with E-state index < -0.39 is 29.8 Å². The second-order valence-electron chi connectivity index (χ2n) is 6.56. The fourth-order valence-electron chi connectivity index (χ4n) is 3.18. The molecule has 29 heavy (non-hydrogen) atoms. The maximum atomic E-state index is 13.0. The van der Waals surface area contributed by atoms with Gasteiger partial charge in [0.1, 0.15) is 17.0 Å². The van der Waals surface area contributed by atoms with Gasteiger partial charge in [-0.1, -0.05) is 29.3 Å². The number of benzene rings is 2. The number of halogens is 2. The van der Waals surface area contributed by atoms with Crippen molar-refractivity contribution >= 4 is 40.9 Å². The lowest BCUT2D eigenvalue weighted by Gasteiger charge is -2.23. The molecule has 0 radical (unpaired) electrons. The second-order valence-corrected chi connectivity index (χ2v) is 7.40. The van der Waals surface area contributed by atoms with Crippen molar-refractivity contribution in [1.82, 2.24) is 10.2 Å². The number of carbonyl (C=O) groups excluding carboxylic acids is 3. The molecule has 0 spiro atoms. The number of hydrogen-bond acceptors (Lipinski definition) is 5. The maximum Gasteiger partial charge on any atom is 0.325 e. The fraction of sp³-hybridized carbons (Fsp3) is 0.250. The van der Waals surface area contributed by atoms with Gasteiger partial charge in [-0.3, -0.25) is 14.5 Å². The highest BCUT2D eigenvalue weighted by molar-refractivity contribution is 6.35. The molecule has 1 aliphatic heterocycles. The Labute approximate surface area is 177 Å². The van der Waals surface area contributed by atoms with Crippen LogP contribution >= 0.6 is 23.2 Å². The van der Waals surface area contributed by atoms with E-state index in [2.05, 4.69) is 5.32 Å². The Kier molecular flexibility index (Phi) is 5.73. The first kappa shape index (κ1) is 21.0. The minimum Gasteiger partial charge on any atom is -0.497 e. The average molecular weight is 437 g/mol. The van der Waals surface area contributed by atoms with Crippen LogP contribution < -0.4 is 14.8 Å². The number of urea groups is 1. The van der Waals surface area contributed by atoms with Crippen molar-refractivity contribution in [3.8, 4) is 11.5 Å². The summed E-state index contributed by atoms with van der Waals surface area (Å²) in [6, 6.07) is 8.61. The summed E-state index contributed by atoms with van der Waals surface area (Å²) in [5, 5.41) is 3.25. The zero-order valence-electron chi connectivity index (χ0n) is 15.9. The number of Topliss-reactive ketones (excluding diaryl/α,β-unsaturated/α-hetero) is 1. The molecule has 1 N–H and O–H groups in total. The minimum absolute atomic E-state index is 0.229. The normalized spacial score (nSPS) is 18.6. The highest BCUT2D eigenvalue weighted by Gasteiger charge is 2.50. The van der Waals surface area contributed by atoms with Gasteiger partial charge >= 0.3 is 6.03 Å². The predicted molar refractivity (Wildman–Crippen MR) is 108 cm³/mol. The lowest BCUT2D eigenvalue weighted by molar-refractivity contribution is -0.130. The molecule has 9 heteroatoms. The second kappa shape index (κ2) is 7.93. The van der Waals surface area contributed by atoms with Crippen molar-refractivity contribution in [3.63, 3.8) is 0 Å². The summed E-state index contributed by atoms with van der Waals surface area (Å²) in [7, 11) is 2.91. The summed E-state index contributed by atoms with van der Waals surface area (Å²) in [4.78, 5) is 39.2. The van der Waals surface area contributed by atoms with Gasteiger partial charge in [-0.05, 0) is 31.2 Å². The third-order valence-corrected chi connectivity index (χ3v) is 5.30. The van der Waals surface area contributed by atoms with Crippen LogP contribution in [-0.4, -0.2) is 43.4 Å². The van der Waals surface area contributed by atoms with Gasteiger partial charge in [0, 0.05) is 21.7 Å². The van der Waals surface area contributed by atoms with Crippen molar-refractivity contribution < 1.29 is 23.9 Å². The largest absolute Gasteiger partial charge is 0.497 e. The first-order chi connectivity index (χ1) is 13.7. The number of nitrogens with one attached hydrogen (secondary N) is 1. The van der Waals surface area contributed by atoms with E-state index in [1.807, 2.05) is 0 Å². The number of imide groups is 1. The minimum atomic E-state index is -1.41. The van der Waals surface area contributed by atoms with E-state index in [9.17, 15) is 14.4 Å². The first-order valence-corrected chi connectivity index (χ1v) is 9.31. The molecule has 1 saturated heterocycles. The van der Waals surface area contributed by atoms with Crippen molar-refractivity contribution in [1.29, 1.82) is 0 Å². The van der Waals surface area contributed by atoms with E-state index in [1.54, 1.807) is 24.3 Å². The Morgan fingerprint density at radius 2 is 1.83 bits per heavy atom. The molecule has 3 rings (SSSR count). The third-order valence-electron chi connectivity index (χ3n) is 4.76. The smallest absolute Gasteiger partial charge is 0.325 e. The Morgan fingerprint density at radius 1 is 1.10 bits per heavy atom. The summed E-state index contributed by atoms with van der Waals surface area (Å²) >= 11 is 12.1. The highest BCUT2D eigenvalue weighted by atomic mass is 35.5. The van der Waals surface area contributed by atoms with Crippen LogP contribution in [0.4, 0.5) is 4.79 Å². The van der Waals surface area contributed by atoms with E-state index in [0.717, 1.165) is 4.90 Å². The van der Waals surface area contributed by atoms with Crippen LogP contribution in [0.5, 0.6) is 11.5 Å². The predicted octanol–water partition coefficient (Wildman–Crippen LogP) is 3.66. The van der Waals surface area contributed by atoms with E-state index in [1.165, 1.54) is 33.3 Å². The highest BCUT2D eigenvalue weighted by Crippen LogP contribution is 2.35. The van der Waals surface area contributed by atoms with Crippen LogP contribution in [0.3, 0.4) is 0 Å². The van der Waals surface area contributed by atoms with Gasteiger partial charge < -0.3 is 14.8 Å². The molecule has 2 aromatic rings. The summed E-state index contributed by atoms with van der Waals surface area (Å²) in [5.74, 6) is -0.254. The van der Waals surface area contributed by atoms with Crippen molar-refractivity contribution in [3.05, 3.63) is 57.6 Å². The summed E-state index contributed by atoms with van der Waals surface area (Å²) in [6.07, 6.45) is 0. The van der Waals surface area contributed by atoms with Crippen LogP contribution in [0.15, 0.2) is 36.4 Å². The van der Waals surface area contributed by atoms with Crippen LogP contribution in [-0.2, 0) is 10.3 Å². The van der Waals surface area contributed by atoms with E-state index in [4.69, 9.17) is 32.7 Å². The van der Waals surface area contributed by atoms with E-state index in [0.29, 0.717) is 16.3 Å². The number of nitrogens with zero attached hydrogens (tertiary/aromatic N) is 1. The number of ether oxygens (including phenoxy) is 2. The molecule has 0 bridgehead atoms. The summed E-state index contributed by atoms with van der Waals surface area (Å²) in [5.41, 5.74) is -0.797. The molecule has 1 fully saturated rings. The number of ketones is 1. The van der Waals surface area contributed by atoms with Crippen LogP contribution in [0.2, 0.25) is 10.0 Å². The van der Waals surface area contributed by atoms with E-state index in [-0.39, 0.29) is 16.3 Å². The lowest BCUT2D eigenvalue weighted by Crippen LogP contribution is -2.41. The third kappa shape index (κ3) is 3.75. The van der Waals surface area contributed by atoms with Gasteiger partial charge in [0.25, 0.3) is 5.91 Å². The first-order valence-electron chi connectivity index (χ1n) is 8.56. The quantitative estimate of drug-likeness (QED) is 0.551. The zero-order valence-corrected chi connectivity index (χ0v) is 17.4. The Hall–Kier alpha value is -2.77. The van der Waals surface area contributed by atoms with Gasteiger partial charge in [-0.25, -0.2) is 4.79 Å². The molecule has 0 aromatic heterocycles. The molecule has 2 aromatic carbocycles. The molecular weight excluding hydrogens is 419 g/mol. The Bertz CT molecular complexity index is 1010. The number of amides is 3. The van der Waals surface area contributed by atoms with Crippen LogP contribution in [0, 0.1) is 0 Å². The van der Waals surface area contributed by atoms with Crippen LogP contribution in [0.25, 0.3) is 0 Å². The summed E-state index contributed by atoms with van der Waals surface area (Å²) in [6.45, 7) is 1.08. The molecular formula is C20H18Cl2N2O5. The maximum absolute atomic E-state index is 13.0. The number of carbonyl (C=O) groups is 3. The summed E-state index contributed by atoms with van der Waals surface area (Å²) < 4.78 is 10.3. The SMILES string of the molecule is COc1ccc(C(=O)CN2C(=O)N[C@@](C)(c3ccc(Cl)cc3Cl)C2=O)c(OC)c1. The standard InChI is InChI=1S/C20H18Cl2N2O5/c1-20(14-7-4-11(21)8-15(14)22)18(26)24(19(27)23-20)10-16(25)13-6-5-12(28-2)9-17(13)29-3/h4-9H,10H2,1-3H3,(H,23,27)/t20-/m0/s1. The van der Waals surface area contributed by atoms with Crippen molar-refractivity contribution in [2.45, 2.75) is 12.5 Å². The van der Waals surface area contributed by atoms with Crippen molar-refractivity contribution in [2.75, 3.05) is 20.8 Å². The van der Waals surface area contributed by atoms with Gasteiger partial charge in [0.05, 0.1) is 26.3 Å². The number of methoxy groups -OCH3 is 2. The lowest BCUT2D eigenvalue weighted by atomic mass is 9.92. The van der Waals surface area contributed by atoms with Crippen molar-refractivity contribution in [2.24, 2.45) is 0 Å².